The summed E-state index contributed by atoms with van der Waals surface area (Å²) in [6.45, 7) is 3.64. The second-order valence-electron chi connectivity index (χ2n) is 5.65. The summed E-state index contributed by atoms with van der Waals surface area (Å²) in [5.74, 6) is 0.129. The van der Waals surface area contributed by atoms with Crippen molar-refractivity contribution < 1.29 is 9.53 Å². The van der Waals surface area contributed by atoms with Crippen molar-refractivity contribution in [3.8, 4) is 5.75 Å². The lowest BCUT2D eigenvalue weighted by atomic mass is 10.1. The minimum Gasteiger partial charge on any atom is -0.479 e. The van der Waals surface area contributed by atoms with Crippen LogP contribution in [0.1, 0.15) is 12.5 Å². The Morgan fingerprint density at radius 2 is 2.00 bits per heavy atom. The molecule has 6 heteroatoms. The number of fused-ring (bicyclic) bond motifs is 1. The van der Waals surface area contributed by atoms with Crippen LogP contribution in [0.4, 0.5) is 5.69 Å². The maximum Gasteiger partial charge on any atom is 0.265 e. The van der Waals surface area contributed by atoms with Crippen molar-refractivity contribution >= 4 is 45.7 Å². The third kappa shape index (κ3) is 3.86. The molecule has 1 N–H and O–H groups in total. The van der Waals surface area contributed by atoms with Crippen LogP contribution in [0.5, 0.6) is 5.75 Å². The van der Waals surface area contributed by atoms with E-state index in [0.717, 1.165) is 16.5 Å². The molecule has 0 radical (unpaired) electrons. The number of amides is 1. The van der Waals surface area contributed by atoms with E-state index in [0.29, 0.717) is 21.5 Å². The molecule has 25 heavy (non-hydrogen) atoms. The molecule has 0 aliphatic heterocycles. The number of aryl methyl sites for hydroxylation is 1. The fourth-order valence-electron chi connectivity index (χ4n) is 2.47. The Labute approximate surface area is 155 Å². The molecule has 0 aliphatic carbocycles. The van der Waals surface area contributed by atoms with Gasteiger partial charge in [-0.05, 0) is 55.8 Å². The van der Waals surface area contributed by atoms with Gasteiger partial charge in [0.15, 0.2) is 6.10 Å². The van der Waals surface area contributed by atoms with E-state index in [1.54, 1.807) is 31.3 Å². The highest BCUT2D eigenvalue weighted by Gasteiger charge is 2.17. The molecule has 1 aromatic heterocycles. The number of ether oxygens (including phenoxy) is 1. The van der Waals surface area contributed by atoms with Gasteiger partial charge in [0.05, 0.1) is 16.2 Å². The van der Waals surface area contributed by atoms with E-state index in [9.17, 15) is 4.79 Å². The minimum absolute atomic E-state index is 0.278. The maximum atomic E-state index is 12.5. The average molecular weight is 375 g/mol. The molecule has 0 bridgehead atoms. The Balaban J connectivity index is 1.79. The van der Waals surface area contributed by atoms with Crippen LogP contribution in [0.2, 0.25) is 10.0 Å². The van der Waals surface area contributed by atoms with Gasteiger partial charge in [-0.25, -0.2) is 0 Å². The highest BCUT2D eigenvalue weighted by atomic mass is 35.5. The molecular weight excluding hydrogens is 359 g/mol. The van der Waals surface area contributed by atoms with Gasteiger partial charge >= 0.3 is 0 Å². The van der Waals surface area contributed by atoms with Crippen LogP contribution in [0.3, 0.4) is 0 Å². The van der Waals surface area contributed by atoms with Gasteiger partial charge in [0.25, 0.3) is 5.91 Å². The molecule has 0 unspecified atom stereocenters. The van der Waals surface area contributed by atoms with E-state index < -0.39 is 6.10 Å². The predicted molar refractivity (Wildman–Crippen MR) is 102 cm³/mol. The van der Waals surface area contributed by atoms with E-state index in [4.69, 9.17) is 27.9 Å². The third-order valence-electron chi connectivity index (χ3n) is 3.80. The molecule has 0 saturated heterocycles. The molecule has 1 amide bonds. The highest BCUT2D eigenvalue weighted by molar-refractivity contribution is 6.35. The number of carbonyl (C=O) groups is 1. The van der Waals surface area contributed by atoms with Crippen LogP contribution >= 0.6 is 23.2 Å². The van der Waals surface area contributed by atoms with E-state index in [1.807, 2.05) is 31.2 Å². The van der Waals surface area contributed by atoms with Crippen LogP contribution in [-0.2, 0) is 4.79 Å². The molecule has 0 spiro atoms. The summed E-state index contributed by atoms with van der Waals surface area (Å²) in [6, 6.07) is 12.4. The fraction of sp³-hybridized carbons (Fsp3) is 0.158. The summed E-state index contributed by atoms with van der Waals surface area (Å²) in [7, 11) is 0. The van der Waals surface area contributed by atoms with Crippen molar-refractivity contribution in [3.05, 3.63) is 64.3 Å². The van der Waals surface area contributed by atoms with Gasteiger partial charge in [-0.3, -0.25) is 9.78 Å². The number of hydrogen-bond donors (Lipinski definition) is 1. The molecule has 1 heterocycles. The number of anilines is 1. The molecule has 0 saturated carbocycles. The van der Waals surface area contributed by atoms with Gasteiger partial charge < -0.3 is 10.1 Å². The lowest BCUT2D eigenvalue weighted by Gasteiger charge is -2.17. The van der Waals surface area contributed by atoms with Crippen LogP contribution < -0.4 is 10.1 Å². The number of aromatic nitrogens is 1. The zero-order valence-electron chi connectivity index (χ0n) is 13.7. The molecule has 0 aliphatic rings. The molecular formula is C19H16Cl2N2O2. The Morgan fingerprint density at radius 3 is 2.76 bits per heavy atom. The summed E-state index contributed by atoms with van der Waals surface area (Å²) in [5.41, 5.74) is 2.59. The van der Waals surface area contributed by atoms with Crippen molar-refractivity contribution in [3.63, 3.8) is 0 Å². The first-order valence-electron chi connectivity index (χ1n) is 7.72. The van der Waals surface area contributed by atoms with E-state index in [1.165, 1.54) is 0 Å². The minimum atomic E-state index is -0.730. The molecule has 2 aromatic carbocycles. The largest absolute Gasteiger partial charge is 0.479 e. The standard InChI is InChI=1S/C19H16Cl2N2O2/c1-11-5-7-16(14-4-3-9-22-18(11)14)23-19(24)12(2)25-17-8-6-13(20)10-15(17)21/h3-10,12H,1-2H3,(H,23,24)/t12-/m0/s1. The first-order valence-corrected chi connectivity index (χ1v) is 8.48. The van der Waals surface area contributed by atoms with Gasteiger partial charge in [0.1, 0.15) is 5.75 Å². The van der Waals surface area contributed by atoms with Gasteiger partial charge in [-0.15, -0.1) is 0 Å². The second kappa shape index (κ2) is 7.30. The van der Waals surface area contributed by atoms with Gasteiger partial charge in [0, 0.05) is 16.6 Å². The summed E-state index contributed by atoms with van der Waals surface area (Å²) in [5, 5.41) is 4.64. The zero-order chi connectivity index (χ0) is 18.0. The highest BCUT2D eigenvalue weighted by Crippen LogP contribution is 2.29. The van der Waals surface area contributed by atoms with E-state index in [-0.39, 0.29) is 5.91 Å². The Kier molecular flexibility index (Phi) is 5.11. The molecule has 3 aromatic rings. The van der Waals surface area contributed by atoms with Gasteiger partial charge in [0.2, 0.25) is 0 Å². The van der Waals surface area contributed by atoms with Crippen molar-refractivity contribution in [2.24, 2.45) is 0 Å². The number of pyridine rings is 1. The SMILES string of the molecule is Cc1ccc(NC(=O)[C@H](C)Oc2ccc(Cl)cc2Cl)c2cccnc12. The number of nitrogens with one attached hydrogen (secondary N) is 1. The molecule has 1 atom stereocenters. The van der Waals surface area contributed by atoms with Crippen LogP contribution in [0, 0.1) is 6.92 Å². The first kappa shape index (κ1) is 17.5. The van der Waals surface area contributed by atoms with Crippen molar-refractivity contribution in [2.45, 2.75) is 20.0 Å². The van der Waals surface area contributed by atoms with E-state index in [2.05, 4.69) is 10.3 Å². The Hall–Kier alpha value is -2.30. The quantitative estimate of drug-likeness (QED) is 0.677. The lowest BCUT2D eigenvalue weighted by molar-refractivity contribution is -0.122. The summed E-state index contributed by atoms with van der Waals surface area (Å²) >= 11 is 12.0. The van der Waals surface area contributed by atoms with E-state index >= 15 is 0 Å². The molecule has 4 nitrogen and oxygen atoms in total. The third-order valence-corrected chi connectivity index (χ3v) is 4.33. The second-order valence-corrected chi connectivity index (χ2v) is 6.50. The number of nitrogens with zero attached hydrogens (tertiary/aromatic N) is 1. The average Bonchev–Trinajstić information content (AvgIpc) is 2.60. The summed E-state index contributed by atoms with van der Waals surface area (Å²) in [6.07, 6.45) is 1.00. The Morgan fingerprint density at radius 1 is 1.20 bits per heavy atom. The maximum absolute atomic E-state index is 12.5. The number of benzene rings is 2. The fourth-order valence-corrected chi connectivity index (χ4v) is 2.93. The summed E-state index contributed by atoms with van der Waals surface area (Å²) in [4.78, 5) is 16.9. The lowest BCUT2D eigenvalue weighted by Crippen LogP contribution is -2.30. The predicted octanol–water partition coefficient (Wildman–Crippen LogP) is 5.26. The zero-order valence-corrected chi connectivity index (χ0v) is 15.2. The number of hydrogen-bond acceptors (Lipinski definition) is 3. The summed E-state index contributed by atoms with van der Waals surface area (Å²) < 4.78 is 5.65. The monoisotopic (exact) mass is 374 g/mol. The number of rotatable bonds is 4. The molecule has 3 rings (SSSR count). The number of halogens is 2. The smallest absolute Gasteiger partial charge is 0.265 e. The molecule has 128 valence electrons. The van der Waals surface area contributed by atoms with Gasteiger partial charge in [-0.1, -0.05) is 29.3 Å². The van der Waals surface area contributed by atoms with Crippen molar-refractivity contribution in [2.75, 3.05) is 5.32 Å². The van der Waals surface area contributed by atoms with Crippen LogP contribution in [0.15, 0.2) is 48.7 Å². The topological polar surface area (TPSA) is 51.2 Å². The first-order chi connectivity index (χ1) is 12.0. The Bertz CT molecular complexity index is 944. The van der Waals surface area contributed by atoms with Crippen molar-refractivity contribution in [1.29, 1.82) is 0 Å². The number of carbonyl (C=O) groups excluding carboxylic acids is 1. The normalized spacial score (nSPS) is 12.0. The van der Waals surface area contributed by atoms with Gasteiger partial charge in [-0.2, -0.15) is 0 Å². The van der Waals surface area contributed by atoms with Crippen molar-refractivity contribution in [1.82, 2.24) is 4.98 Å². The van der Waals surface area contributed by atoms with Crippen LogP contribution in [-0.4, -0.2) is 17.0 Å². The van der Waals surface area contributed by atoms with Crippen LogP contribution in [0.25, 0.3) is 10.9 Å². The molecule has 0 fully saturated rings.